The minimum absolute atomic E-state index is 0.286. The molecule has 0 atom stereocenters. The average Bonchev–Trinajstić information content (AvgIpc) is 3.07. The van der Waals surface area contributed by atoms with E-state index in [0.717, 1.165) is 22.9 Å². The van der Waals surface area contributed by atoms with Crippen molar-refractivity contribution in [3.05, 3.63) is 58.7 Å². The third-order valence-corrected chi connectivity index (χ3v) is 5.96. The summed E-state index contributed by atoms with van der Waals surface area (Å²) in [5.74, 6) is -1.05. The zero-order valence-electron chi connectivity index (χ0n) is 16.0. The lowest BCUT2D eigenvalue weighted by Gasteiger charge is -2.16. The molecule has 1 heterocycles. The van der Waals surface area contributed by atoms with Crippen molar-refractivity contribution in [3.63, 3.8) is 0 Å². The summed E-state index contributed by atoms with van der Waals surface area (Å²) < 4.78 is 30.0. The monoisotopic (exact) mass is 402 g/mol. The Kier molecular flexibility index (Phi) is 5.42. The van der Waals surface area contributed by atoms with Crippen LogP contribution in [0, 0.1) is 13.8 Å². The Hall–Kier alpha value is -2.87. The zero-order valence-corrected chi connectivity index (χ0v) is 16.8. The molecule has 7 nitrogen and oxygen atoms in total. The second kappa shape index (κ2) is 7.63. The first-order valence-corrected chi connectivity index (χ1v) is 10.7. The summed E-state index contributed by atoms with van der Waals surface area (Å²) in [6, 6.07) is 10.3. The summed E-state index contributed by atoms with van der Waals surface area (Å²) in [7, 11) is -3.34. The Labute approximate surface area is 164 Å². The van der Waals surface area contributed by atoms with Crippen molar-refractivity contribution < 1.29 is 22.7 Å². The summed E-state index contributed by atoms with van der Waals surface area (Å²) in [5.41, 5.74) is 4.31. The number of fused-ring (bicyclic) bond motifs is 1. The summed E-state index contributed by atoms with van der Waals surface area (Å²) in [4.78, 5) is 24.4. The average molecular weight is 402 g/mol. The SMILES string of the molecule is Cc1cccc(NC(=O)COC(=O)c2ccc3c(c2)CCN3S(C)(=O)=O)c1C. The van der Waals surface area contributed by atoms with Crippen molar-refractivity contribution in [1.29, 1.82) is 0 Å². The molecule has 1 aliphatic heterocycles. The van der Waals surface area contributed by atoms with E-state index in [-0.39, 0.29) is 5.56 Å². The standard InChI is InChI=1S/C20H22N2O5S/c1-13-5-4-6-17(14(13)2)21-19(23)12-27-20(24)16-7-8-18-15(11-16)9-10-22(18)28(3,25)26/h4-8,11H,9-10,12H2,1-3H3,(H,21,23). The Morgan fingerprint density at radius 2 is 1.93 bits per heavy atom. The van der Waals surface area contributed by atoms with Crippen molar-refractivity contribution in [2.24, 2.45) is 0 Å². The third kappa shape index (κ3) is 4.17. The largest absolute Gasteiger partial charge is 0.452 e. The molecule has 0 saturated heterocycles. The summed E-state index contributed by atoms with van der Waals surface area (Å²) >= 11 is 0. The summed E-state index contributed by atoms with van der Waals surface area (Å²) in [5, 5.41) is 2.73. The first-order valence-electron chi connectivity index (χ1n) is 8.80. The van der Waals surface area contributed by atoms with Crippen LogP contribution in [0.15, 0.2) is 36.4 Å². The Balaban J connectivity index is 1.63. The Morgan fingerprint density at radius 1 is 1.18 bits per heavy atom. The molecule has 0 radical (unpaired) electrons. The van der Waals surface area contributed by atoms with E-state index in [1.165, 1.54) is 10.4 Å². The van der Waals surface area contributed by atoms with Gasteiger partial charge in [0, 0.05) is 12.2 Å². The van der Waals surface area contributed by atoms with Gasteiger partial charge in [-0.05, 0) is 61.2 Å². The lowest BCUT2D eigenvalue weighted by molar-refractivity contribution is -0.119. The number of anilines is 2. The maximum Gasteiger partial charge on any atom is 0.338 e. The third-order valence-electron chi connectivity index (χ3n) is 4.78. The molecule has 0 fully saturated rings. The predicted molar refractivity (Wildman–Crippen MR) is 107 cm³/mol. The van der Waals surface area contributed by atoms with Gasteiger partial charge in [0.1, 0.15) is 0 Å². The van der Waals surface area contributed by atoms with E-state index >= 15 is 0 Å². The number of hydrogen-bond donors (Lipinski definition) is 1. The van der Waals surface area contributed by atoms with Crippen molar-refractivity contribution in [3.8, 4) is 0 Å². The van der Waals surface area contributed by atoms with E-state index in [1.807, 2.05) is 26.0 Å². The lowest BCUT2D eigenvalue weighted by atomic mass is 10.1. The van der Waals surface area contributed by atoms with Crippen LogP contribution in [-0.2, 0) is 26.0 Å². The minimum Gasteiger partial charge on any atom is -0.452 e. The number of carbonyl (C=O) groups is 2. The molecule has 0 aliphatic carbocycles. The summed E-state index contributed by atoms with van der Waals surface area (Å²) in [6.07, 6.45) is 1.68. The minimum atomic E-state index is -3.34. The van der Waals surface area contributed by atoms with Gasteiger partial charge in [-0.25, -0.2) is 13.2 Å². The van der Waals surface area contributed by atoms with Gasteiger partial charge in [-0.2, -0.15) is 0 Å². The number of rotatable bonds is 5. The quantitative estimate of drug-likeness (QED) is 0.776. The molecule has 28 heavy (non-hydrogen) atoms. The molecule has 1 aliphatic rings. The van der Waals surface area contributed by atoms with E-state index in [2.05, 4.69) is 5.32 Å². The number of benzene rings is 2. The first-order chi connectivity index (χ1) is 13.2. The molecule has 8 heteroatoms. The topological polar surface area (TPSA) is 92.8 Å². The molecule has 1 amide bonds. The highest BCUT2D eigenvalue weighted by atomic mass is 32.2. The van der Waals surface area contributed by atoms with Gasteiger partial charge in [-0.15, -0.1) is 0 Å². The van der Waals surface area contributed by atoms with Gasteiger partial charge in [0.15, 0.2) is 6.61 Å². The normalized spacial score (nSPS) is 13.2. The fraction of sp³-hybridized carbons (Fsp3) is 0.300. The molecule has 0 spiro atoms. The van der Waals surface area contributed by atoms with Gasteiger partial charge in [0.05, 0.1) is 17.5 Å². The number of amides is 1. The fourth-order valence-electron chi connectivity index (χ4n) is 3.13. The molecule has 3 rings (SSSR count). The number of sulfonamides is 1. The highest BCUT2D eigenvalue weighted by Crippen LogP contribution is 2.30. The van der Waals surface area contributed by atoms with Gasteiger partial charge < -0.3 is 10.1 Å². The maximum absolute atomic E-state index is 12.3. The van der Waals surface area contributed by atoms with Crippen LogP contribution in [0.4, 0.5) is 11.4 Å². The van der Waals surface area contributed by atoms with Crippen LogP contribution in [-0.4, -0.2) is 39.7 Å². The van der Waals surface area contributed by atoms with Crippen LogP contribution < -0.4 is 9.62 Å². The number of esters is 1. The van der Waals surface area contributed by atoms with Crippen LogP contribution in [0.2, 0.25) is 0 Å². The van der Waals surface area contributed by atoms with Crippen LogP contribution in [0.5, 0.6) is 0 Å². The van der Waals surface area contributed by atoms with Gasteiger partial charge in [0.25, 0.3) is 5.91 Å². The van der Waals surface area contributed by atoms with E-state index in [0.29, 0.717) is 24.3 Å². The first kappa shape index (κ1) is 19.9. The molecule has 0 unspecified atom stereocenters. The van der Waals surface area contributed by atoms with Crippen molar-refractivity contribution in [2.75, 3.05) is 29.0 Å². The van der Waals surface area contributed by atoms with Crippen LogP contribution in [0.3, 0.4) is 0 Å². The second-order valence-corrected chi connectivity index (χ2v) is 8.71. The number of hydrogen-bond acceptors (Lipinski definition) is 5. The molecular weight excluding hydrogens is 380 g/mol. The molecule has 148 valence electrons. The van der Waals surface area contributed by atoms with E-state index < -0.39 is 28.5 Å². The van der Waals surface area contributed by atoms with Crippen LogP contribution >= 0.6 is 0 Å². The highest BCUT2D eigenvalue weighted by molar-refractivity contribution is 7.92. The van der Waals surface area contributed by atoms with E-state index in [9.17, 15) is 18.0 Å². The van der Waals surface area contributed by atoms with Gasteiger partial charge in [0.2, 0.25) is 10.0 Å². The molecular formula is C20H22N2O5S. The summed E-state index contributed by atoms with van der Waals surface area (Å²) in [6.45, 7) is 3.80. The zero-order chi connectivity index (χ0) is 20.5. The van der Waals surface area contributed by atoms with Gasteiger partial charge in [-0.1, -0.05) is 12.1 Å². The molecule has 0 aromatic heterocycles. The molecule has 2 aromatic carbocycles. The fourth-order valence-corrected chi connectivity index (χ4v) is 4.09. The molecule has 0 bridgehead atoms. The number of aryl methyl sites for hydroxylation is 1. The van der Waals surface area contributed by atoms with Crippen LogP contribution in [0.25, 0.3) is 0 Å². The molecule has 0 saturated carbocycles. The van der Waals surface area contributed by atoms with Crippen molar-refractivity contribution >= 4 is 33.3 Å². The Bertz CT molecular complexity index is 1050. The van der Waals surface area contributed by atoms with Crippen LogP contribution in [0.1, 0.15) is 27.0 Å². The lowest BCUT2D eigenvalue weighted by Crippen LogP contribution is -2.27. The molecule has 2 aromatic rings. The van der Waals surface area contributed by atoms with Crippen molar-refractivity contribution in [1.82, 2.24) is 0 Å². The maximum atomic E-state index is 12.3. The number of nitrogens with one attached hydrogen (secondary N) is 1. The Morgan fingerprint density at radius 3 is 2.64 bits per heavy atom. The van der Waals surface area contributed by atoms with Crippen molar-refractivity contribution in [2.45, 2.75) is 20.3 Å². The van der Waals surface area contributed by atoms with E-state index in [4.69, 9.17) is 4.74 Å². The van der Waals surface area contributed by atoms with Gasteiger partial charge >= 0.3 is 5.97 Å². The molecule has 1 N–H and O–H groups in total. The highest BCUT2D eigenvalue weighted by Gasteiger charge is 2.27. The number of nitrogens with zero attached hydrogens (tertiary/aromatic N) is 1. The predicted octanol–water partition coefficient (Wildman–Crippen LogP) is 2.42. The smallest absolute Gasteiger partial charge is 0.338 e. The van der Waals surface area contributed by atoms with Gasteiger partial charge in [-0.3, -0.25) is 9.10 Å². The number of carbonyl (C=O) groups excluding carboxylic acids is 2. The second-order valence-electron chi connectivity index (χ2n) is 6.80. The number of ether oxygens (including phenoxy) is 1. The van der Waals surface area contributed by atoms with E-state index in [1.54, 1.807) is 18.2 Å².